The third-order valence-corrected chi connectivity index (χ3v) is 3.41. The van der Waals surface area contributed by atoms with Crippen LogP contribution in [0.4, 0.5) is 0 Å². The number of hydrogen-bond acceptors (Lipinski definition) is 3. The molecule has 1 saturated carbocycles. The van der Waals surface area contributed by atoms with Crippen LogP contribution in [0.25, 0.3) is 0 Å². The quantitative estimate of drug-likeness (QED) is 0.758. The van der Waals surface area contributed by atoms with Crippen LogP contribution < -0.4 is 11.1 Å². The van der Waals surface area contributed by atoms with E-state index in [0.717, 1.165) is 32.2 Å². The van der Waals surface area contributed by atoms with Crippen molar-refractivity contribution in [3.05, 3.63) is 0 Å². The second kappa shape index (κ2) is 6.36. The SMILES string of the molecule is CC(CN(C)C)NC(=O)CC1(N)CCCCC1. The summed E-state index contributed by atoms with van der Waals surface area (Å²) < 4.78 is 0. The minimum Gasteiger partial charge on any atom is -0.352 e. The van der Waals surface area contributed by atoms with Gasteiger partial charge in [0.15, 0.2) is 0 Å². The van der Waals surface area contributed by atoms with E-state index in [2.05, 4.69) is 10.2 Å². The van der Waals surface area contributed by atoms with E-state index in [1.54, 1.807) is 0 Å². The minimum absolute atomic E-state index is 0.101. The van der Waals surface area contributed by atoms with Gasteiger partial charge in [0, 0.05) is 24.5 Å². The Morgan fingerprint density at radius 3 is 2.47 bits per heavy atom. The molecule has 1 atom stereocenters. The Bertz CT molecular complexity index is 247. The third kappa shape index (κ3) is 5.50. The van der Waals surface area contributed by atoms with Crippen LogP contribution in [0.2, 0.25) is 0 Å². The fourth-order valence-electron chi connectivity index (χ4n) is 2.67. The number of carbonyl (C=O) groups is 1. The van der Waals surface area contributed by atoms with Gasteiger partial charge in [0.05, 0.1) is 0 Å². The van der Waals surface area contributed by atoms with Crippen molar-refractivity contribution >= 4 is 5.91 Å². The molecule has 0 radical (unpaired) electrons. The first kappa shape index (κ1) is 14.5. The second-order valence-corrected chi connectivity index (χ2v) is 5.83. The maximum absolute atomic E-state index is 11.9. The van der Waals surface area contributed by atoms with Gasteiger partial charge >= 0.3 is 0 Å². The summed E-state index contributed by atoms with van der Waals surface area (Å²) in [5, 5.41) is 3.02. The topological polar surface area (TPSA) is 58.4 Å². The summed E-state index contributed by atoms with van der Waals surface area (Å²) in [5.74, 6) is 0.101. The van der Waals surface area contributed by atoms with Crippen molar-refractivity contribution in [3.63, 3.8) is 0 Å². The van der Waals surface area contributed by atoms with Gasteiger partial charge in [-0.05, 0) is 33.9 Å². The summed E-state index contributed by atoms with van der Waals surface area (Å²) in [7, 11) is 4.02. The maximum Gasteiger partial charge on any atom is 0.222 e. The number of nitrogens with two attached hydrogens (primary N) is 1. The normalized spacial score (nSPS) is 21.2. The molecule has 3 N–H and O–H groups in total. The Balaban J connectivity index is 2.33. The number of rotatable bonds is 5. The van der Waals surface area contributed by atoms with Crippen molar-refractivity contribution in [3.8, 4) is 0 Å². The van der Waals surface area contributed by atoms with E-state index in [-0.39, 0.29) is 17.5 Å². The van der Waals surface area contributed by atoms with Crippen LogP contribution in [0.1, 0.15) is 45.4 Å². The molecule has 0 saturated heterocycles. The van der Waals surface area contributed by atoms with Gasteiger partial charge in [-0.3, -0.25) is 4.79 Å². The second-order valence-electron chi connectivity index (χ2n) is 5.83. The zero-order valence-electron chi connectivity index (χ0n) is 11.5. The first-order valence-corrected chi connectivity index (χ1v) is 6.64. The highest BCUT2D eigenvalue weighted by molar-refractivity contribution is 5.77. The monoisotopic (exact) mass is 241 g/mol. The highest BCUT2D eigenvalue weighted by atomic mass is 16.1. The molecule has 1 rings (SSSR count). The first-order valence-electron chi connectivity index (χ1n) is 6.64. The Morgan fingerprint density at radius 1 is 1.35 bits per heavy atom. The molecule has 0 spiro atoms. The fraction of sp³-hybridized carbons (Fsp3) is 0.923. The number of amides is 1. The Hall–Kier alpha value is -0.610. The molecule has 0 bridgehead atoms. The van der Waals surface area contributed by atoms with Gasteiger partial charge in [0.25, 0.3) is 0 Å². The molecule has 0 aromatic heterocycles. The van der Waals surface area contributed by atoms with Gasteiger partial charge in [-0.2, -0.15) is 0 Å². The zero-order chi connectivity index (χ0) is 12.9. The molecule has 1 fully saturated rings. The lowest BCUT2D eigenvalue weighted by atomic mass is 9.80. The Kier molecular flexibility index (Phi) is 5.40. The zero-order valence-corrected chi connectivity index (χ0v) is 11.5. The summed E-state index contributed by atoms with van der Waals surface area (Å²) in [6.45, 7) is 2.89. The summed E-state index contributed by atoms with van der Waals surface area (Å²) in [6.07, 6.45) is 6.04. The van der Waals surface area contributed by atoms with Crippen molar-refractivity contribution in [1.29, 1.82) is 0 Å². The molecule has 0 aromatic rings. The van der Waals surface area contributed by atoms with Crippen LogP contribution >= 0.6 is 0 Å². The van der Waals surface area contributed by atoms with Crippen molar-refractivity contribution in [2.45, 2.75) is 57.0 Å². The average Bonchev–Trinajstić information content (AvgIpc) is 2.15. The van der Waals surface area contributed by atoms with Crippen LogP contribution in [-0.4, -0.2) is 43.0 Å². The smallest absolute Gasteiger partial charge is 0.222 e. The molecule has 4 nitrogen and oxygen atoms in total. The van der Waals surface area contributed by atoms with E-state index < -0.39 is 0 Å². The lowest BCUT2D eigenvalue weighted by Gasteiger charge is -2.33. The molecule has 1 amide bonds. The standard InChI is InChI=1S/C13H27N3O/c1-11(10-16(2)3)15-12(17)9-13(14)7-5-4-6-8-13/h11H,4-10,14H2,1-3H3,(H,15,17). The first-order chi connectivity index (χ1) is 7.91. The van der Waals surface area contributed by atoms with E-state index in [1.165, 1.54) is 6.42 Å². The number of nitrogens with one attached hydrogen (secondary N) is 1. The van der Waals surface area contributed by atoms with E-state index in [1.807, 2.05) is 21.0 Å². The van der Waals surface area contributed by atoms with E-state index in [9.17, 15) is 4.79 Å². The van der Waals surface area contributed by atoms with Crippen molar-refractivity contribution < 1.29 is 4.79 Å². The summed E-state index contributed by atoms with van der Waals surface area (Å²) in [4.78, 5) is 14.0. The van der Waals surface area contributed by atoms with Crippen LogP contribution in [0.3, 0.4) is 0 Å². The van der Waals surface area contributed by atoms with Gasteiger partial charge in [-0.25, -0.2) is 0 Å². The van der Waals surface area contributed by atoms with Crippen LogP contribution in [0.15, 0.2) is 0 Å². The number of carbonyl (C=O) groups excluding carboxylic acids is 1. The van der Waals surface area contributed by atoms with Gasteiger partial charge < -0.3 is 16.0 Å². The highest BCUT2D eigenvalue weighted by Gasteiger charge is 2.30. The molecule has 4 heteroatoms. The average molecular weight is 241 g/mol. The van der Waals surface area contributed by atoms with Crippen LogP contribution in [0.5, 0.6) is 0 Å². The molecule has 0 aromatic carbocycles. The Morgan fingerprint density at radius 2 is 1.94 bits per heavy atom. The predicted octanol–water partition coefficient (Wildman–Crippen LogP) is 1.10. The van der Waals surface area contributed by atoms with Crippen molar-refractivity contribution in [2.75, 3.05) is 20.6 Å². The molecular weight excluding hydrogens is 214 g/mol. The minimum atomic E-state index is -0.250. The summed E-state index contributed by atoms with van der Waals surface area (Å²) >= 11 is 0. The maximum atomic E-state index is 11.9. The molecule has 1 aliphatic carbocycles. The van der Waals surface area contributed by atoms with E-state index >= 15 is 0 Å². The van der Waals surface area contributed by atoms with Crippen LogP contribution in [-0.2, 0) is 4.79 Å². The largest absolute Gasteiger partial charge is 0.352 e. The number of likely N-dealkylation sites (N-methyl/N-ethyl adjacent to an activating group) is 1. The van der Waals surface area contributed by atoms with E-state index in [0.29, 0.717) is 6.42 Å². The number of nitrogens with zero attached hydrogens (tertiary/aromatic N) is 1. The van der Waals surface area contributed by atoms with Crippen molar-refractivity contribution in [2.24, 2.45) is 5.73 Å². The molecule has 1 unspecified atom stereocenters. The predicted molar refractivity (Wildman–Crippen MR) is 70.8 cm³/mol. The summed E-state index contributed by atoms with van der Waals surface area (Å²) in [6, 6.07) is 0.185. The fourth-order valence-corrected chi connectivity index (χ4v) is 2.67. The van der Waals surface area contributed by atoms with Gasteiger partial charge in [0.1, 0.15) is 0 Å². The van der Waals surface area contributed by atoms with Gasteiger partial charge in [-0.1, -0.05) is 19.3 Å². The molecule has 0 heterocycles. The molecule has 0 aliphatic heterocycles. The van der Waals surface area contributed by atoms with Crippen LogP contribution in [0, 0.1) is 0 Å². The lowest BCUT2D eigenvalue weighted by molar-refractivity contribution is -0.123. The Labute approximate surface area is 105 Å². The number of hydrogen-bond donors (Lipinski definition) is 2. The van der Waals surface area contributed by atoms with Gasteiger partial charge in [0.2, 0.25) is 5.91 Å². The lowest BCUT2D eigenvalue weighted by Crippen LogP contribution is -2.48. The highest BCUT2D eigenvalue weighted by Crippen LogP contribution is 2.28. The molecule has 1 aliphatic rings. The van der Waals surface area contributed by atoms with Gasteiger partial charge in [-0.15, -0.1) is 0 Å². The van der Waals surface area contributed by atoms with E-state index in [4.69, 9.17) is 5.73 Å². The molecule has 17 heavy (non-hydrogen) atoms. The van der Waals surface area contributed by atoms with Crippen molar-refractivity contribution in [1.82, 2.24) is 10.2 Å². The summed E-state index contributed by atoms with van der Waals surface area (Å²) in [5.41, 5.74) is 6.02. The molecule has 100 valence electrons. The molecular formula is C13H27N3O. The third-order valence-electron chi connectivity index (χ3n) is 3.41.